The van der Waals surface area contributed by atoms with Crippen LogP contribution in [0, 0.1) is 5.82 Å². The van der Waals surface area contributed by atoms with Crippen LogP contribution in [0.5, 0.6) is 0 Å². The second-order valence-corrected chi connectivity index (χ2v) is 6.03. The molecule has 0 unspecified atom stereocenters. The van der Waals surface area contributed by atoms with E-state index in [2.05, 4.69) is 11.6 Å². The lowest BCUT2D eigenvalue weighted by molar-refractivity contribution is 0.0965. The van der Waals surface area contributed by atoms with Crippen molar-refractivity contribution in [2.45, 2.75) is 5.16 Å². The van der Waals surface area contributed by atoms with Crippen molar-refractivity contribution in [3.63, 3.8) is 0 Å². The van der Waals surface area contributed by atoms with Gasteiger partial charge in [-0.2, -0.15) is 0 Å². The lowest BCUT2D eigenvalue weighted by atomic mass is 10.2. The molecule has 1 heterocycles. The Labute approximate surface area is 143 Å². The van der Waals surface area contributed by atoms with Gasteiger partial charge in [0.05, 0.1) is 11.0 Å². The highest BCUT2D eigenvalue weighted by molar-refractivity contribution is 7.99. The van der Waals surface area contributed by atoms with Gasteiger partial charge in [0.25, 0.3) is 5.91 Å². The second kappa shape index (κ2) is 7.27. The second-order valence-electron chi connectivity index (χ2n) is 5.04. The van der Waals surface area contributed by atoms with Crippen LogP contribution in [0.15, 0.2) is 72.4 Å². The summed E-state index contributed by atoms with van der Waals surface area (Å²) in [7, 11) is 0. The van der Waals surface area contributed by atoms with Gasteiger partial charge in [-0.1, -0.05) is 42.1 Å². The zero-order valence-electron chi connectivity index (χ0n) is 12.9. The molecule has 0 amide bonds. The molecule has 3 aromatic rings. The molecular weight excluding hydrogens is 323 g/mol. The van der Waals surface area contributed by atoms with E-state index in [1.165, 1.54) is 30.0 Å². The lowest BCUT2D eigenvalue weighted by Gasteiger charge is -2.03. The number of carbonyl (C=O) groups excluding carboxylic acids is 1. The molecule has 5 heteroatoms. The number of hydrogen-bond acceptors (Lipinski definition) is 3. The monoisotopic (exact) mass is 338 g/mol. The number of carbonyl (C=O) groups is 1. The van der Waals surface area contributed by atoms with Gasteiger partial charge in [0.2, 0.25) is 0 Å². The molecule has 0 N–H and O–H groups in total. The summed E-state index contributed by atoms with van der Waals surface area (Å²) in [5.74, 6) is 0.101. The molecule has 0 saturated heterocycles. The third-order valence-electron chi connectivity index (χ3n) is 3.35. The summed E-state index contributed by atoms with van der Waals surface area (Å²) in [6.45, 7) is 3.70. The van der Waals surface area contributed by atoms with Crippen molar-refractivity contribution in [2.75, 3.05) is 5.75 Å². The number of fused-ring (bicyclic) bond motifs is 1. The van der Waals surface area contributed by atoms with Gasteiger partial charge in [-0.05, 0) is 35.9 Å². The predicted molar refractivity (Wildman–Crippen MR) is 96.7 cm³/mol. The summed E-state index contributed by atoms with van der Waals surface area (Å²) in [5.41, 5.74) is 2.14. The minimum Gasteiger partial charge on any atom is -0.269 e. The summed E-state index contributed by atoms with van der Waals surface area (Å²) in [6.07, 6.45) is 4.80. The standard InChI is InChI=1S/C19H15FN2OS/c1-2-12-24-19-21-16-8-3-4-9-17(16)22(19)18(23)11-10-14-6-5-7-15(20)13-14/h2-11,13H,1,12H2. The largest absolute Gasteiger partial charge is 0.269 e. The Kier molecular flexibility index (Phi) is 4.91. The Balaban J connectivity index is 1.97. The normalized spacial score (nSPS) is 11.2. The number of aromatic nitrogens is 2. The van der Waals surface area contributed by atoms with Crippen LogP contribution in [-0.2, 0) is 0 Å². The van der Waals surface area contributed by atoms with Crippen molar-refractivity contribution >= 4 is 34.8 Å². The first-order chi connectivity index (χ1) is 11.7. The van der Waals surface area contributed by atoms with Crippen LogP contribution in [0.1, 0.15) is 10.4 Å². The van der Waals surface area contributed by atoms with Crippen LogP contribution in [0.25, 0.3) is 17.1 Å². The van der Waals surface area contributed by atoms with E-state index >= 15 is 0 Å². The summed E-state index contributed by atoms with van der Waals surface area (Å²) in [6, 6.07) is 13.6. The van der Waals surface area contributed by atoms with Crippen molar-refractivity contribution in [3.05, 3.63) is 78.6 Å². The van der Waals surface area contributed by atoms with E-state index in [4.69, 9.17) is 0 Å². The first-order valence-corrected chi connectivity index (χ1v) is 8.37. The molecule has 2 aromatic carbocycles. The maximum atomic E-state index is 13.2. The number of thioether (sulfide) groups is 1. The zero-order chi connectivity index (χ0) is 16.9. The Morgan fingerprint density at radius 2 is 2.08 bits per heavy atom. The summed E-state index contributed by atoms with van der Waals surface area (Å²) in [4.78, 5) is 17.2. The minimum absolute atomic E-state index is 0.223. The van der Waals surface area contributed by atoms with Crippen LogP contribution in [0.3, 0.4) is 0 Å². The number of allylic oxidation sites excluding steroid dienone is 1. The first kappa shape index (κ1) is 16.2. The highest BCUT2D eigenvalue weighted by Gasteiger charge is 2.14. The van der Waals surface area contributed by atoms with Gasteiger partial charge in [-0.15, -0.1) is 6.58 Å². The molecule has 24 heavy (non-hydrogen) atoms. The molecule has 0 aliphatic carbocycles. The fourth-order valence-electron chi connectivity index (χ4n) is 2.30. The number of hydrogen-bond donors (Lipinski definition) is 0. The van der Waals surface area contributed by atoms with Gasteiger partial charge in [0, 0.05) is 11.8 Å². The molecule has 0 aliphatic heterocycles. The topological polar surface area (TPSA) is 34.9 Å². The van der Waals surface area contributed by atoms with Gasteiger partial charge in [-0.25, -0.2) is 9.37 Å². The van der Waals surface area contributed by atoms with Crippen LogP contribution < -0.4 is 0 Å². The fraction of sp³-hybridized carbons (Fsp3) is 0.0526. The highest BCUT2D eigenvalue weighted by atomic mass is 32.2. The quantitative estimate of drug-likeness (QED) is 0.380. The number of imidazole rings is 1. The van der Waals surface area contributed by atoms with Gasteiger partial charge >= 0.3 is 0 Å². The SMILES string of the molecule is C=CCSc1nc2ccccc2n1C(=O)C=Cc1cccc(F)c1. The lowest BCUT2D eigenvalue weighted by Crippen LogP contribution is -2.08. The maximum absolute atomic E-state index is 13.2. The molecule has 120 valence electrons. The predicted octanol–water partition coefficient (Wildman–Crippen LogP) is 4.81. The van der Waals surface area contributed by atoms with E-state index in [9.17, 15) is 9.18 Å². The third-order valence-corrected chi connectivity index (χ3v) is 4.28. The van der Waals surface area contributed by atoms with E-state index in [1.54, 1.807) is 28.9 Å². The zero-order valence-corrected chi connectivity index (χ0v) is 13.7. The smallest absolute Gasteiger partial charge is 0.257 e. The molecule has 3 rings (SSSR count). The van der Waals surface area contributed by atoms with Gasteiger partial charge in [-0.3, -0.25) is 9.36 Å². The molecular formula is C19H15FN2OS. The van der Waals surface area contributed by atoms with Gasteiger partial charge < -0.3 is 0 Å². The van der Waals surface area contributed by atoms with Gasteiger partial charge in [0.15, 0.2) is 5.16 Å². The Morgan fingerprint density at radius 3 is 2.88 bits per heavy atom. The molecule has 1 aromatic heterocycles. The van der Waals surface area contributed by atoms with E-state index in [0.29, 0.717) is 16.5 Å². The molecule has 0 radical (unpaired) electrons. The van der Waals surface area contributed by atoms with Crippen molar-refractivity contribution < 1.29 is 9.18 Å². The molecule has 0 atom stereocenters. The molecule has 0 saturated carbocycles. The van der Waals surface area contributed by atoms with E-state index in [1.807, 2.05) is 24.3 Å². The van der Waals surface area contributed by atoms with Crippen molar-refractivity contribution in [1.82, 2.24) is 9.55 Å². The van der Waals surface area contributed by atoms with Crippen LogP contribution in [0.2, 0.25) is 0 Å². The van der Waals surface area contributed by atoms with Crippen molar-refractivity contribution in [2.24, 2.45) is 0 Å². The molecule has 0 fully saturated rings. The van der Waals surface area contributed by atoms with E-state index < -0.39 is 0 Å². The highest BCUT2D eigenvalue weighted by Crippen LogP contribution is 2.24. The average molecular weight is 338 g/mol. The van der Waals surface area contributed by atoms with Crippen LogP contribution in [-0.4, -0.2) is 21.2 Å². The first-order valence-electron chi connectivity index (χ1n) is 7.38. The molecule has 0 aliphatic rings. The average Bonchev–Trinajstić information content (AvgIpc) is 2.96. The Morgan fingerprint density at radius 1 is 1.25 bits per heavy atom. The summed E-state index contributed by atoms with van der Waals surface area (Å²) in [5, 5.41) is 0.616. The Hall–Kier alpha value is -2.66. The van der Waals surface area contributed by atoms with E-state index in [-0.39, 0.29) is 11.7 Å². The van der Waals surface area contributed by atoms with Crippen molar-refractivity contribution in [3.8, 4) is 0 Å². The minimum atomic E-state index is -0.333. The van der Waals surface area contributed by atoms with Crippen LogP contribution >= 0.6 is 11.8 Å². The summed E-state index contributed by atoms with van der Waals surface area (Å²) >= 11 is 1.44. The number of nitrogens with zero attached hydrogens (tertiary/aromatic N) is 2. The maximum Gasteiger partial charge on any atom is 0.257 e. The number of para-hydroxylation sites is 2. The fourth-order valence-corrected chi connectivity index (χ4v) is 3.05. The molecule has 3 nitrogen and oxygen atoms in total. The van der Waals surface area contributed by atoms with Crippen molar-refractivity contribution in [1.29, 1.82) is 0 Å². The third kappa shape index (κ3) is 3.46. The number of benzene rings is 2. The number of rotatable bonds is 5. The number of halogens is 1. The Bertz CT molecular complexity index is 930. The van der Waals surface area contributed by atoms with Crippen LogP contribution in [0.4, 0.5) is 4.39 Å². The molecule has 0 spiro atoms. The van der Waals surface area contributed by atoms with Gasteiger partial charge in [0.1, 0.15) is 5.82 Å². The molecule has 0 bridgehead atoms. The van der Waals surface area contributed by atoms with E-state index in [0.717, 1.165) is 11.0 Å². The summed E-state index contributed by atoms with van der Waals surface area (Å²) < 4.78 is 14.8.